The molecule has 2 nitrogen and oxygen atoms in total. The number of nitrogens with two attached hydrogens (primary N) is 1. The van der Waals surface area contributed by atoms with Crippen molar-refractivity contribution in [2.24, 2.45) is 17.1 Å². The molecule has 2 heteroatoms. The minimum Gasteiger partial charge on any atom is -0.330 e. The second-order valence-electron chi connectivity index (χ2n) is 7.18. The van der Waals surface area contributed by atoms with Crippen LogP contribution in [0.4, 0.5) is 0 Å². The molecule has 19 heavy (non-hydrogen) atoms. The third-order valence-corrected chi connectivity index (χ3v) is 4.94. The Hall–Kier alpha value is -0.0800. The predicted octanol–water partition coefficient (Wildman–Crippen LogP) is 4.04. The number of hydrogen-bond acceptors (Lipinski definition) is 2. The van der Waals surface area contributed by atoms with Crippen LogP contribution in [0, 0.1) is 11.3 Å². The summed E-state index contributed by atoms with van der Waals surface area (Å²) < 4.78 is 0. The maximum atomic E-state index is 6.18. The van der Waals surface area contributed by atoms with Crippen LogP contribution in [0.25, 0.3) is 0 Å². The molecular formula is C17H36N2. The molecule has 1 aliphatic carbocycles. The van der Waals surface area contributed by atoms with E-state index in [1.807, 2.05) is 0 Å². The smallest absolute Gasteiger partial charge is 0.00529 e. The first-order valence-electron chi connectivity index (χ1n) is 8.47. The van der Waals surface area contributed by atoms with Gasteiger partial charge < -0.3 is 10.6 Å². The lowest BCUT2D eigenvalue weighted by Gasteiger charge is -2.44. The van der Waals surface area contributed by atoms with E-state index in [9.17, 15) is 0 Å². The normalized spacial score (nSPS) is 28.3. The molecule has 1 fully saturated rings. The molecule has 0 bridgehead atoms. The lowest BCUT2D eigenvalue weighted by molar-refractivity contribution is 0.0710. The summed E-state index contributed by atoms with van der Waals surface area (Å²) in [5.41, 5.74) is 6.57. The molecule has 0 radical (unpaired) electrons. The van der Waals surface area contributed by atoms with Gasteiger partial charge in [-0.15, -0.1) is 0 Å². The molecule has 2 atom stereocenters. The maximum absolute atomic E-state index is 6.18. The summed E-state index contributed by atoms with van der Waals surface area (Å²) in [6.07, 6.45) is 9.45. The van der Waals surface area contributed by atoms with Crippen molar-refractivity contribution in [3.8, 4) is 0 Å². The highest BCUT2D eigenvalue weighted by molar-refractivity contribution is 4.89. The molecule has 0 saturated heterocycles. The van der Waals surface area contributed by atoms with Crippen LogP contribution in [0.3, 0.4) is 0 Å². The van der Waals surface area contributed by atoms with E-state index in [1.165, 1.54) is 58.0 Å². The highest BCUT2D eigenvalue weighted by atomic mass is 15.2. The van der Waals surface area contributed by atoms with Crippen molar-refractivity contribution in [3.63, 3.8) is 0 Å². The second kappa shape index (κ2) is 8.26. The van der Waals surface area contributed by atoms with E-state index in [4.69, 9.17) is 5.73 Å². The lowest BCUT2D eigenvalue weighted by Crippen LogP contribution is -2.47. The largest absolute Gasteiger partial charge is 0.330 e. The van der Waals surface area contributed by atoms with Crippen LogP contribution in [-0.2, 0) is 0 Å². The molecule has 0 aliphatic heterocycles. The van der Waals surface area contributed by atoms with Crippen molar-refractivity contribution < 1.29 is 0 Å². The molecule has 114 valence electrons. The molecule has 2 unspecified atom stereocenters. The molecular weight excluding hydrogens is 232 g/mol. The van der Waals surface area contributed by atoms with E-state index in [0.717, 1.165) is 12.5 Å². The fraction of sp³-hybridized carbons (Fsp3) is 1.00. The highest BCUT2D eigenvalue weighted by Crippen LogP contribution is 2.39. The Kier molecular flexibility index (Phi) is 7.38. The minimum absolute atomic E-state index is 0.397. The van der Waals surface area contributed by atoms with Gasteiger partial charge in [-0.05, 0) is 57.5 Å². The molecule has 2 N–H and O–H groups in total. The van der Waals surface area contributed by atoms with Crippen LogP contribution in [-0.4, -0.2) is 30.6 Å². The van der Waals surface area contributed by atoms with Crippen molar-refractivity contribution in [2.45, 2.75) is 78.7 Å². The maximum Gasteiger partial charge on any atom is 0.00529 e. The van der Waals surface area contributed by atoms with Gasteiger partial charge in [-0.1, -0.05) is 39.5 Å². The van der Waals surface area contributed by atoms with E-state index in [0.29, 0.717) is 11.5 Å². The van der Waals surface area contributed by atoms with Gasteiger partial charge in [0.05, 0.1) is 0 Å². The van der Waals surface area contributed by atoms with Crippen LogP contribution < -0.4 is 5.73 Å². The van der Waals surface area contributed by atoms with Gasteiger partial charge in [0.25, 0.3) is 0 Å². The Labute approximate surface area is 121 Å². The average molecular weight is 268 g/mol. The van der Waals surface area contributed by atoms with Crippen molar-refractivity contribution in [3.05, 3.63) is 0 Å². The van der Waals surface area contributed by atoms with E-state index in [-0.39, 0.29) is 0 Å². The third kappa shape index (κ3) is 5.43. The Morgan fingerprint density at radius 2 is 2.05 bits per heavy atom. The van der Waals surface area contributed by atoms with Crippen molar-refractivity contribution in [1.82, 2.24) is 4.90 Å². The van der Waals surface area contributed by atoms with E-state index in [1.54, 1.807) is 0 Å². The van der Waals surface area contributed by atoms with Gasteiger partial charge in [-0.3, -0.25) is 0 Å². The van der Waals surface area contributed by atoms with Crippen LogP contribution >= 0.6 is 0 Å². The number of rotatable bonds is 8. The first-order valence-corrected chi connectivity index (χ1v) is 8.47. The summed E-state index contributed by atoms with van der Waals surface area (Å²) in [5, 5.41) is 0. The van der Waals surface area contributed by atoms with Crippen molar-refractivity contribution >= 4 is 0 Å². The SMILES string of the molecule is CCCCCN(CC1(CN)CCCC(C)C1)C(C)C. The third-order valence-electron chi connectivity index (χ3n) is 4.94. The summed E-state index contributed by atoms with van der Waals surface area (Å²) in [5.74, 6) is 0.863. The second-order valence-corrected chi connectivity index (χ2v) is 7.18. The minimum atomic E-state index is 0.397. The number of nitrogens with zero attached hydrogens (tertiary/aromatic N) is 1. The zero-order chi connectivity index (χ0) is 14.3. The zero-order valence-corrected chi connectivity index (χ0v) is 13.8. The predicted molar refractivity (Wildman–Crippen MR) is 85.4 cm³/mol. The fourth-order valence-corrected chi connectivity index (χ4v) is 3.68. The molecule has 0 amide bonds. The Morgan fingerprint density at radius 3 is 2.58 bits per heavy atom. The molecule has 0 aromatic rings. The van der Waals surface area contributed by atoms with Crippen molar-refractivity contribution in [1.29, 1.82) is 0 Å². The van der Waals surface area contributed by atoms with E-state index < -0.39 is 0 Å². The average Bonchev–Trinajstić information content (AvgIpc) is 2.37. The molecule has 0 spiro atoms. The monoisotopic (exact) mass is 268 g/mol. The quantitative estimate of drug-likeness (QED) is 0.673. The summed E-state index contributed by atoms with van der Waals surface area (Å²) in [6.45, 7) is 12.7. The molecule has 1 rings (SSSR count). The van der Waals surface area contributed by atoms with Gasteiger partial charge in [-0.2, -0.15) is 0 Å². The lowest BCUT2D eigenvalue weighted by atomic mass is 9.69. The summed E-state index contributed by atoms with van der Waals surface area (Å²) in [7, 11) is 0. The van der Waals surface area contributed by atoms with Crippen LogP contribution in [0.15, 0.2) is 0 Å². The highest BCUT2D eigenvalue weighted by Gasteiger charge is 2.35. The number of hydrogen-bond donors (Lipinski definition) is 1. The van der Waals surface area contributed by atoms with Crippen LogP contribution in [0.1, 0.15) is 72.6 Å². The topological polar surface area (TPSA) is 29.3 Å². The molecule has 0 aromatic heterocycles. The standard InChI is InChI=1S/C17H36N2/c1-5-6-7-11-19(15(2)3)14-17(13-18)10-8-9-16(4)12-17/h15-16H,5-14,18H2,1-4H3. The first-order chi connectivity index (χ1) is 9.03. The number of unbranched alkanes of at least 4 members (excludes halogenated alkanes) is 2. The summed E-state index contributed by atoms with van der Waals surface area (Å²) >= 11 is 0. The Bertz CT molecular complexity index is 239. The summed E-state index contributed by atoms with van der Waals surface area (Å²) in [6, 6.07) is 0.650. The fourth-order valence-electron chi connectivity index (χ4n) is 3.68. The van der Waals surface area contributed by atoms with Crippen LogP contribution in [0.5, 0.6) is 0 Å². The zero-order valence-electron chi connectivity index (χ0n) is 13.8. The summed E-state index contributed by atoms with van der Waals surface area (Å²) in [4.78, 5) is 2.68. The van der Waals surface area contributed by atoms with Crippen LogP contribution in [0.2, 0.25) is 0 Å². The van der Waals surface area contributed by atoms with Gasteiger partial charge in [0.15, 0.2) is 0 Å². The van der Waals surface area contributed by atoms with Crippen molar-refractivity contribution in [2.75, 3.05) is 19.6 Å². The van der Waals surface area contributed by atoms with E-state index >= 15 is 0 Å². The Balaban J connectivity index is 2.58. The van der Waals surface area contributed by atoms with Gasteiger partial charge in [0.1, 0.15) is 0 Å². The van der Waals surface area contributed by atoms with Gasteiger partial charge in [-0.25, -0.2) is 0 Å². The molecule has 0 heterocycles. The Morgan fingerprint density at radius 1 is 1.32 bits per heavy atom. The molecule has 1 aliphatic rings. The van der Waals surface area contributed by atoms with Gasteiger partial charge in [0, 0.05) is 12.6 Å². The van der Waals surface area contributed by atoms with Gasteiger partial charge >= 0.3 is 0 Å². The van der Waals surface area contributed by atoms with Gasteiger partial charge in [0.2, 0.25) is 0 Å². The first kappa shape index (κ1) is 17.0. The molecule has 0 aromatic carbocycles. The van der Waals surface area contributed by atoms with E-state index in [2.05, 4.69) is 32.6 Å². The molecule has 1 saturated carbocycles.